The monoisotopic (exact) mass is 225 g/mol. The highest BCUT2D eigenvalue weighted by atomic mass is 14.9. The van der Waals surface area contributed by atoms with Crippen LogP contribution in [-0.2, 0) is 0 Å². The molecule has 1 rings (SSSR count). The van der Waals surface area contributed by atoms with Gasteiger partial charge in [-0.15, -0.1) is 0 Å². The van der Waals surface area contributed by atoms with Crippen LogP contribution in [-0.4, -0.2) is 12.6 Å². The molecule has 0 amide bonds. The van der Waals surface area contributed by atoms with Gasteiger partial charge in [-0.1, -0.05) is 47.0 Å². The first-order valence-electron chi connectivity index (χ1n) is 7.40. The van der Waals surface area contributed by atoms with Gasteiger partial charge in [-0.05, 0) is 43.6 Å². The van der Waals surface area contributed by atoms with Crippen LogP contribution in [0.2, 0.25) is 0 Å². The standard InChI is InChI=1S/C15H31N/c1-5-13-7-9-14(10-8-13)15(16-6-2)11-12(3)4/h12-16H,5-11H2,1-4H3. The molecule has 0 aliphatic heterocycles. The first-order valence-corrected chi connectivity index (χ1v) is 7.40. The Kier molecular flexibility index (Phi) is 6.41. The minimum Gasteiger partial charge on any atom is -0.314 e. The molecule has 16 heavy (non-hydrogen) atoms. The third kappa shape index (κ3) is 4.45. The lowest BCUT2D eigenvalue weighted by atomic mass is 9.76. The van der Waals surface area contributed by atoms with Crippen LogP contribution in [0.1, 0.15) is 66.2 Å². The highest BCUT2D eigenvalue weighted by Gasteiger charge is 2.26. The van der Waals surface area contributed by atoms with Crippen molar-refractivity contribution in [1.82, 2.24) is 5.32 Å². The van der Waals surface area contributed by atoms with Gasteiger partial charge in [0, 0.05) is 6.04 Å². The average Bonchev–Trinajstić information content (AvgIpc) is 2.28. The Bertz CT molecular complexity index is 168. The van der Waals surface area contributed by atoms with Gasteiger partial charge in [0.2, 0.25) is 0 Å². The Morgan fingerprint density at radius 3 is 2.12 bits per heavy atom. The number of hydrogen-bond acceptors (Lipinski definition) is 1. The predicted molar refractivity (Wildman–Crippen MR) is 72.7 cm³/mol. The van der Waals surface area contributed by atoms with Gasteiger partial charge in [-0.3, -0.25) is 0 Å². The van der Waals surface area contributed by atoms with Crippen LogP contribution in [0.4, 0.5) is 0 Å². The van der Waals surface area contributed by atoms with E-state index in [1.54, 1.807) is 0 Å². The summed E-state index contributed by atoms with van der Waals surface area (Å²) in [6.07, 6.45) is 8.62. The van der Waals surface area contributed by atoms with E-state index in [0.717, 1.165) is 30.3 Å². The molecule has 0 spiro atoms. The predicted octanol–water partition coefficient (Wildman–Crippen LogP) is 4.23. The van der Waals surface area contributed by atoms with Crippen LogP contribution in [0, 0.1) is 17.8 Å². The zero-order valence-corrected chi connectivity index (χ0v) is 11.8. The van der Waals surface area contributed by atoms with E-state index in [4.69, 9.17) is 0 Å². The van der Waals surface area contributed by atoms with E-state index in [2.05, 4.69) is 33.0 Å². The molecule has 1 fully saturated rings. The molecule has 0 aromatic heterocycles. The molecule has 0 aromatic rings. The van der Waals surface area contributed by atoms with Crippen molar-refractivity contribution in [2.45, 2.75) is 72.3 Å². The first-order chi connectivity index (χ1) is 7.67. The van der Waals surface area contributed by atoms with E-state index in [1.165, 1.54) is 38.5 Å². The van der Waals surface area contributed by atoms with Crippen LogP contribution < -0.4 is 5.32 Å². The Morgan fingerprint density at radius 1 is 1.06 bits per heavy atom. The summed E-state index contributed by atoms with van der Waals surface area (Å²) in [5, 5.41) is 3.72. The van der Waals surface area contributed by atoms with Crippen molar-refractivity contribution in [2.75, 3.05) is 6.54 Å². The van der Waals surface area contributed by atoms with Crippen molar-refractivity contribution < 1.29 is 0 Å². The quantitative estimate of drug-likeness (QED) is 0.713. The van der Waals surface area contributed by atoms with Crippen molar-refractivity contribution in [3.05, 3.63) is 0 Å². The number of nitrogens with one attached hydrogen (secondary N) is 1. The van der Waals surface area contributed by atoms with Crippen LogP contribution in [0.5, 0.6) is 0 Å². The van der Waals surface area contributed by atoms with Gasteiger partial charge < -0.3 is 5.32 Å². The molecule has 1 nitrogen and oxygen atoms in total. The summed E-state index contributed by atoms with van der Waals surface area (Å²) in [6, 6.07) is 0.780. The Labute approximate surface area is 102 Å². The van der Waals surface area contributed by atoms with E-state index in [9.17, 15) is 0 Å². The second-order valence-corrected chi connectivity index (χ2v) is 5.98. The Hall–Kier alpha value is -0.0400. The molecule has 96 valence electrons. The maximum Gasteiger partial charge on any atom is 0.00976 e. The zero-order valence-electron chi connectivity index (χ0n) is 11.8. The van der Waals surface area contributed by atoms with Crippen LogP contribution in [0.25, 0.3) is 0 Å². The highest BCUT2D eigenvalue weighted by Crippen LogP contribution is 2.33. The summed E-state index contributed by atoms with van der Waals surface area (Å²) in [5.74, 6) is 2.80. The fourth-order valence-electron chi connectivity index (χ4n) is 3.21. The lowest BCUT2D eigenvalue weighted by Crippen LogP contribution is -2.39. The summed E-state index contributed by atoms with van der Waals surface area (Å²) in [7, 11) is 0. The summed E-state index contributed by atoms with van der Waals surface area (Å²) < 4.78 is 0. The summed E-state index contributed by atoms with van der Waals surface area (Å²) in [4.78, 5) is 0. The molecule has 1 saturated carbocycles. The van der Waals surface area contributed by atoms with Crippen molar-refractivity contribution in [2.24, 2.45) is 17.8 Å². The first kappa shape index (κ1) is 14.0. The van der Waals surface area contributed by atoms with Gasteiger partial charge in [-0.25, -0.2) is 0 Å². The summed E-state index contributed by atoms with van der Waals surface area (Å²) in [5.41, 5.74) is 0. The summed E-state index contributed by atoms with van der Waals surface area (Å²) in [6.45, 7) is 10.4. The molecule has 0 aromatic carbocycles. The molecule has 1 aliphatic rings. The molecule has 0 bridgehead atoms. The molecular formula is C15H31N. The largest absolute Gasteiger partial charge is 0.314 e. The van der Waals surface area contributed by atoms with Crippen LogP contribution >= 0.6 is 0 Å². The molecule has 0 radical (unpaired) electrons. The minimum absolute atomic E-state index is 0.780. The van der Waals surface area contributed by atoms with Crippen molar-refractivity contribution >= 4 is 0 Å². The maximum atomic E-state index is 3.72. The van der Waals surface area contributed by atoms with Gasteiger partial charge >= 0.3 is 0 Å². The fourth-order valence-corrected chi connectivity index (χ4v) is 3.21. The van der Waals surface area contributed by atoms with E-state index in [-0.39, 0.29) is 0 Å². The lowest BCUT2D eigenvalue weighted by Gasteiger charge is -2.35. The van der Waals surface area contributed by atoms with Crippen LogP contribution in [0.3, 0.4) is 0 Å². The van der Waals surface area contributed by atoms with Gasteiger partial charge in [-0.2, -0.15) is 0 Å². The van der Waals surface area contributed by atoms with Gasteiger partial charge in [0.25, 0.3) is 0 Å². The third-order valence-corrected chi connectivity index (χ3v) is 4.23. The molecule has 1 atom stereocenters. The maximum absolute atomic E-state index is 3.72. The van der Waals surface area contributed by atoms with Gasteiger partial charge in [0.15, 0.2) is 0 Å². The Balaban J connectivity index is 2.39. The molecule has 1 aliphatic carbocycles. The van der Waals surface area contributed by atoms with Gasteiger partial charge in [0.1, 0.15) is 0 Å². The van der Waals surface area contributed by atoms with Crippen molar-refractivity contribution in [3.8, 4) is 0 Å². The third-order valence-electron chi connectivity index (χ3n) is 4.23. The minimum atomic E-state index is 0.780. The SMILES string of the molecule is CCNC(CC(C)C)C1CCC(CC)CC1. The summed E-state index contributed by atoms with van der Waals surface area (Å²) >= 11 is 0. The van der Waals surface area contributed by atoms with E-state index in [1.807, 2.05) is 0 Å². The topological polar surface area (TPSA) is 12.0 Å². The normalized spacial score (nSPS) is 28.3. The molecule has 1 unspecified atom stereocenters. The van der Waals surface area contributed by atoms with Crippen LogP contribution in [0.15, 0.2) is 0 Å². The smallest absolute Gasteiger partial charge is 0.00976 e. The molecular weight excluding hydrogens is 194 g/mol. The second kappa shape index (κ2) is 7.32. The van der Waals surface area contributed by atoms with Gasteiger partial charge in [0.05, 0.1) is 0 Å². The van der Waals surface area contributed by atoms with Crippen molar-refractivity contribution in [1.29, 1.82) is 0 Å². The molecule has 0 heterocycles. The number of hydrogen-bond donors (Lipinski definition) is 1. The second-order valence-electron chi connectivity index (χ2n) is 5.98. The lowest BCUT2D eigenvalue weighted by molar-refractivity contribution is 0.202. The average molecular weight is 225 g/mol. The van der Waals surface area contributed by atoms with E-state index in [0.29, 0.717) is 0 Å². The van der Waals surface area contributed by atoms with E-state index >= 15 is 0 Å². The molecule has 1 heteroatoms. The molecule has 1 N–H and O–H groups in total. The van der Waals surface area contributed by atoms with E-state index < -0.39 is 0 Å². The molecule has 0 saturated heterocycles. The zero-order chi connectivity index (χ0) is 12.0. The Morgan fingerprint density at radius 2 is 1.69 bits per heavy atom. The number of rotatable bonds is 6. The highest BCUT2D eigenvalue weighted by molar-refractivity contribution is 4.82. The van der Waals surface area contributed by atoms with Crippen molar-refractivity contribution in [3.63, 3.8) is 0 Å². The fraction of sp³-hybridized carbons (Fsp3) is 1.00.